The second kappa shape index (κ2) is 7.50. The number of nitrogens with one attached hydrogen (secondary N) is 1. The van der Waals surface area contributed by atoms with Crippen LogP contribution < -0.4 is 14.8 Å². The van der Waals surface area contributed by atoms with Gasteiger partial charge in [0.25, 0.3) is 5.91 Å². The van der Waals surface area contributed by atoms with Gasteiger partial charge in [0.05, 0.1) is 19.8 Å². The number of hydrogen-bond acceptors (Lipinski definition) is 3. The Kier molecular flexibility index (Phi) is 5.42. The summed E-state index contributed by atoms with van der Waals surface area (Å²) in [5.41, 5.74) is 1.70. The van der Waals surface area contributed by atoms with Gasteiger partial charge in [0.15, 0.2) is 0 Å². The van der Waals surface area contributed by atoms with E-state index < -0.39 is 0 Å². The van der Waals surface area contributed by atoms with Crippen LogP contribution >= 0.6 is 0 Å². The van der Waals surface area contributed by atoms with Crippen LogP contribution in [0.4, 0.5) is 0 Å². The molecule has 0 unspecified atom stereocenters. The minimum absolute atomic E-state index is 0.151. The molecular weight excluding hydrogens is 278 g/mol. The van der Waals surface area contributed by atoms with Crippen molar-refractivity contribution in [1.29, 1.82) is 0 Å². The van der Waals surface area contributed by atoms with E-state index in [1.165, 1.54) is 12.7 Å². The van der Waals surface area contributed by atoms with Crippen molar-refractivity contribution in [3.63, 3.8) is 0 Å². The standard InChI is InChI=1S/C18H21NO3/c1-13(14-7-5-4-6-8-14)12-19-18(20)16-10-9-15(21-2)11-17(16)22-3/h4-11,13H,12H2,1-3H3,(H,19,20)/t13-/m1/s1. The van der Waals surface area contributed by atoms with Gasteiger partial charge in [-0.05, 0) is 23.6 Å². The fourth-order valence-electron chi connectivity index (χ4n) is 2.23. The zero-order valence-electron chi connectivity index (χ0n) is 13.1. The molecule has 1 atom stereocenters. The molecule has 0 radical (unpaired) electrons. The van der Waals surface area contributed by atoms with Gasteiger partial charge < -0.3 is 14.8 Å². The second-order valence-electron chi connectivity index (χ2n) is 5.09. The van der Waals surface area contributed by atoms with Gasteiger partial charge in [-0.2, -0.15) is 0 Å². The molecule has 0 aliphatic heterocycles. The molecule has 0 bridgehead atoms. The third kappa shape index (κ3) is 3.79. The molecule has 0 heterocycles. The van der Waals surface area contributed by atoms with Gasteiger partial charge in [-0.25, -0.2) is 0 Å². The molecule has 2 aromatic carbocycles. The van der Waals surface area contributed by atoms with E-state index in [-0.39, 0.29) is 11.8 Å². The van der Waals surface area contributed by atoms with E-state index in [9.17, 15) is 4.79 Å². The Hall–Kier alpha value is -2.49. The van der Waals surface area contributed by atoms with Crippen LogP contribution in [0.1, 0.15) is 28.8 Å². The average Bonchev–Trinajstić information content (AvgIpc) is 2.59. The van der Waals surface area contributed by atoms with Gasteiger partial charge >= 0.3 is 0 Å². The molecule has 4 nitrogen and oxygen atoms in total. The summed E-state index contributed by atoms with van der Waals surface area (Å²) >= 11 is 0. The van der Waals surface area contributed by atoms with E-state index >= 15 is 0 Å². The van der Waals surface area contributed by atoms with Crippen LogP contribution in [0.15, 0.2) is 48.5 Å². The van der Waals surface area contributed by atoms with Crippen LogP contribution in [0.3, 0.4) is 0 Å². The lowest BCUT2D eigenvalue weighted by atomic mass is 10.0. The molecule has 0 aliphatic carbocycles. The van der Waals surface area contributed by atoms with E-state index in [2.05, 4.69) is 24.4 Å². The van der Waals surface area contributed by atoms with Gasteiger partial charge in [0.2, 0.25) is 0 Å². The number of rotatable bonds is 6. The van der Waals surface area contributed by atoms with Crippen molar-refractivity contribution in [2.75, 3.05) is 20.8 Å². The van der Waals surface area contributed by atoms with Crippen molar-refractivity contribution in [3.8, 4) is 11.5 Å². The number of ether oxygens (including phenoxy) is 2. The highest BCUT2D eigenvalue weighted by Gasteiger charge is 2.14. The maximum absolute atomic E-state index is 12.3. The summed E-state index contributed by atoms with van der Waals surface area (Å²) in [5, 5.41) is 2.95. The Labute approximate surface area is 131 Å². The minimum atomic E-state index is -0.151. The summed E-state index contributed by atoms with van der Waals surface area (Å²) in [4.78, 5) is 12.3. The Morgan fingerprint density at radius 2 is 1.82 bits per heavy atom. The van der Waals surface area contributed by atoms with Crippen LogP contribution in [0.2, 0.25) is 0 Å². The van der Waals surface area contributed by atoms with Gasteiger partial charge in [0.1, 0.15) is 11.5 Å². The first-order chi connectivity index (χ1) is 10.7. The third-order valence-electron chi connectivity index (χ3n) is 3.59. The van der Waals surface area contributed by atoms with Gasteiger partial charge in [0, 0.05) is 12.6 Å². The third-order valence-corrected chi connectivity index (χ3v) is 3.59. The number of amides is 1. The fraction of sp³-hybridized carbons (Fsp3) is 0.278. The summed E-state index contributed by atoms with van der Waals surface area (Å²) in [7, 11) is 3.12. The molecule has 2 rings (SSSR count). The molecule has 116 valence electrons. The molecule has 0 aliphatic rings. The summed E-state index contributed by atoms with van der Waals surface area (Å²) in [6.45, 7) is 2.65. The monoisotopic (exact) mass is 299 g/mol. The molecule has 1 N–H and O–H groups in total. The van der Waals surface area contributed by atoms with Crippen molar-refractivity contribution in [2.45, 2.75) is 12.8 Å². The first-order valence-electron chi connectivity index (χ1n) is 7.21. The minimum Gasteiger partial charge on any atom is -0.497 e. The normalized spacial score (nSPS) is 11.6. The van der Waals surface area contributed by atoms with Crippen LogP contribution in [0.5, 0.6) is 11.5 Å². The van der Waals surface area contributed by atoms with Crippen LogP contribution in [-0.4, -0.2) is 26.7 Å². The Balaban J connectivity index is 2.03. The first kappa shape index (κ1) is 15.9. The summed E-state index contributed by atoms with van der Waals surface area (Å²) in [6.07, 6.45) is 0. The van der Waals surface area contributed by atoms with Crippen molar-refractivity contribution >= 4 is 5.91 Å². The number of methoxy groups -OCH3 is 2. The average molecular weight is 299 g/mol. The van der Waals surface area contributed by atoms with E-state index in [1.807, 2.05) is 18.2 Å². The van der Waals surface area contributed by atoms with Crippen molar-refractivity contribution in [3.05, 3.63) is 59.7 Å². The molecule has 4 heteroatoms. The van der Waals surface area contributed by atoms with E-state index in [0.29, 0.717) is 23.6 Å². The van der Waals surface area contributed by atoms with Crippen molar-refractivity contribution in [1.82, 2.24) is 5.32 Å². The molecule has 0 aromatic heterocycles. The quantitative estimate of drug-likeness (QED) is 0.891. The number of carbonyl (C=O) groups excluding carboxylic acids is 1. The van der Waals surface area contributed by atoms with Crippen LogP contribution in [-0.2, 0) is 0 Å². The molecule has 0 spiro atoms. The number of hydrogen-bond donors (Lipinski definition) is 1. The second-order valence-corrected chi connectivity index (χ2v) is 5.09. The Bertz CT molecular complexity index is 625. The SMILES string of the molecule is COc1ccc(C(=O)NC[C@@H](C)c2ccccc2)c(OC)c1. The lowest BCUT2D eigenvalue weighted by molar-refractivity contribution is 0.0948. The molecule has 0 saturated heterocycles. The molecular formula is C18H21NO3. The highest BCUT2D eigenvalue weighted by molar-refractivity contribution is 5.97. The highest BCUT2D eigenvalue weighted by Crippen LogP contribution is 2.24. The molecule has 22 heavy (non-hydrogen) atoms. The zero-order chi connectivity index (χ0) is 15.9. The lowest BCUT2D eigenvalue weighted by Gasteiger charge is -2.14. The van der Waals surface area contributed by atoms with Gasteiger partial charge in [-0.15, -0.1) is 0 Å². The van der Waals surface area contributed by atoms with Crippen LogP contribution in [0, 0.1) is 0 Å². The van der Waals surface area contributed by atoms with Crippen LogP contribution in [0.25, 0.3) is 0 Å². The zero-order valence-corrected chi connectivity index (χ0v) is 13.1. The predicted molar refractivity (Wildman–Crippen MR) is 86.7 cm³/mol. The molecule has 0 fully saturated rings. The molecule has 1 amide bonds. The van der Waals surface area contributed by atoms with Crippen molar-refractivity contribution < 1.29 is 14.3 Å². The summed E-state index contributed by atoms with van der Waals surface area (Å²) in [5.74, 6) is 1.26. The van der Waals surface area contributed by atoms with Gasteiger partial charge in [-0.3, -0.25) is 4.79 Å². The predicted octanol–water partition coefficient (Wildman–Crippen LogP) is 3.24. The highest BCUT2D eigenvalue weighted by atomic mass is 16.5. The van der Waals surface area contributed by atoms with Gasteiger partial charge in [-0.1, -0.05) is 37.3 Å². The Morgan fingerprint density at radius 3 is 2.45 bits per heavy atom. The summed E-state index contributed by atoms with van der Waals surface area (Å²) in [6, 6.07) is 15.3. The fourth-order valence-corrected chi connectivity index (χ4v) is 2.23. The molecule has 0 saturated carbocycles. The maximum Gasteiger partial charge on any atom is 0.255 e. The summed E-state index contributed by atoms with van der Waals surface area (Å²) < 4.78 is 10.4. The lowest BCUT2D eigenvalue weighted by Crippen LogP contribution is -2.27. The smallest absolute Gasteiger partial charge is 0.255 e. The number of carbonyl (C=O) groups is 1. The van der Waals surface area contributed by atoms with Crippen molar-refractivity contribution in [2.24, 2.45) is 0 Å². The maximum atomic E-state index is 12.3. The number of benzene rings is 2. The molecule has 2 aromatic rings. The van der Waals surface area contributed by atoms with E-state index in [1.54, 1.807) is 25.3 Å². The van der Waals surface area contributed by atoms with E-state index in [0.717, 1.165) is 0 Å². The largest absolute Gasteiger partial charge is 0.497 e. The Morgan fingerprint density at radius 1 is 1.09 bits per heavy atom. The first-order valence-corrected chi connectivity index (χ1v) is 7.21. The van der Waals surface area contributed by atoms with E-state index in [4.69, 9.17) is 9.47 Å². The topological polar surface area (TPSA) is 47.6 Å².